The highest BCUT2D eigenvalue weighted by molar-refractivity contribution is 5.80. The molecule has 22 heavy (non-hydrogen) atoms. The molecule has 1 atom stereocenters. The summed E-state index contributed by atoms with van der Waals surface area (Å²) < 4.78 is 0. The van der Waals surface area contributed by atoms with E-state index < -0.39 is 0 Å². The third-order valence-corrected chi connectivity index (χ3v) is 4.41. The molecule has 1 amide bonds. The van der Waals surface area contributed by atoms with Crippen molar-refractivity contribution < 1.29 is 9.90 Å². The maximum absolute atomic E-state index is 12.0. The van der Waals surface area contributed by atoms with Gasteiger partial charge in [0.05, 0.1) is 19.2 Å². The second-order valence-corrected chi connectivity index (χ2v) is 5.87. The molecule has 1 aromatic heterocycles. The van der Waals surface area contributed by atoms with Gasteiger partial charge in [0.1, 0.15) is 18.0 Å². The van der Waals surface area contributed by atoms with Gasteiger partial charge in [0, 0.05) is 25.7 Å². The van der Waals surface area contributed by atoms with Crippen LogP contribution in [-0.4, -0.2) is 64.7 Å². The number of likely N-dealkylation sites (tertiary alicyclic amines) is 1. The normalized spacial score (nSPS) is 21.4. The molecule has 2 aliphatic heterocycles. The van der Waals surface area contributed by atoms with E-state index in [9.17, 15) is 9.90 Å². The smallest absolute Gasteiger partial charge is 0.241 e. The number of nitrogens with zero attached hydrogens (tertiary/aromatic N) is 4. The third-order valence-electron chi connectivity index (χ3n) is 4.41. The van der Waals surface area contributed by atoms with Gasteiger partial charge >= 0.3 is 0 Å². The molecule has 2 N–H and O–H groups in total. The number of hydrogen-bond acceptors (Lipinski definition) is 6. The van der Waals surface area contributed by atoms with E-state index in [-0.39, 0.29) is 25.1 Å². The molecule has 3 rings (SSSR count). The second-order valence-electron chi connectivity index (χ2n) is 5.87. The second kappa shape index (κ2) is 6.91. The van der Waals surface area contributed by atoms with Gasteiger partial charge in [-0.1, -0.05) is 0 Å². The lowest BCUT2D eigenvalue weighted by atomic mass is 10.2. The van der Waals surface area contributed by atoms with Gasteiger partial charge in [0.15, 0.2) is 0 Å². The van der Waals surface area contributed by atoms with Crippen molar-refractivity contribution in [3.8, 4) is 0 Å². The van der Waals surface area contributed by atoms with Gasteiger partial charge in [-0.25, -0.2) is 9.97 Å². The number of nitrogens with one attached hydrogen (secondary N) is 1. The lowest BCUT2D eigenvalue weighted by Crippen LogP contribution is -2.34. The number of aliphatic hydroxyl groups excluding tert-OH is 1. The van der Waals surface area contributed by atoms with Crippen molar-refractivity contribution in [2.24, 2.45) is 0 Å². The van der Waals surface area contributed by atoms with Gasteiger partial charge in [0.2, 0.25) is 5.91 Å². The Morgan fingerprint density at radius 2 is 2.09 bits per heavy atom. The summed E-state index contributed by atoms with van der Waals surface area (Å²) in [7, 11) is 0. The first-order chi connectivity index (χ1) is 10.8. The zero-order chi connectivity index (χ0) is 15.4. The summed E-state index contributed by atoms with van der Waals surface area (Å²) in [4.78, 5) is 24.5. The van der Waals surface area contributed by atoms with Gasteiger partial charge in [-0.15, -0.1) is 0 Å². The Morgan fingerprint density at radius 3 is 2.86 bits per heavy atom. The first-order valence-corrected chi connectivity index (χ1v) is 7.99. The molecular weight excluding hydrogens is 282 g/mol. The molecule has 2 fully saturated rings. The number of carbonyl (C=O) groups is 1. The fourth-order valence-corrected chi connectivity index (χ4v) is 3.17. The minimum absolute atomic E-state index is 0.118. The summed E-state index contributed by atoms with van der Waals surface area (Å²) in [6, 6.07) is 1.99. The van der Waals surface area contributed by atoms with Gasteiger partial charge in [-0.3, -0.25) is 4.79 Å². The average molecular weight is 305 g/mol. The highest BCUT2D eigenvalue weighted by Gasteiger charge is 2.25. The number of rotatable bonds is 5. The summed E-state index contributed by atoms with van der Waals surface area (Å²) in [5.41, 5.74) is 0. The van der Waals surface area contributed by atoms with Crippen LogP contribution in [0.3, 0.4) is 0 Å². The van der Waals surface area contributed by atoms with Crippen molar-refractivity contribution >= 4 is 17.5 Å². The van der Waals surface area contributed by atoms with Crippen molar-refractivity contribution in [3.05, 3.63) is 12.4 Å². The molecule has 7 heteroatoms. The van der Waals surface area contributed by atoms with Crippen LogP contribution < -0.4 is 10.2 Å². The summed E-state index contributed by atoms with van der Waals surface area (Å²) in [6.07, 6.45) is 5.74. The SMILES string of the molecule is O=C(CNc1cc(N2CCC[C@@H]2CO)ncn1)N1CCCC1. The molecule has 0 bridgehead atoms. The molecule has 0 unspecified atom stereocenters. The molecule has 0 spiro atoms. The van der Waals surface area contributed by atoms with Crippen LogP contribution >= 0.6 is 0 Å². The predicted octanol–water partition coefficient (Wildman–Crippen LogP) is 0.472. The number of aliphatic hydroxyl groups is 1. The predicted molar refractivity (Wildman–Crippen MR) is 83.8 cm³/mol. The molecule has 2 saturated heterocycles. The number of hydrogen-bond donors (Lipinski definition) is 2. The first kappa shape index (κ1) is 15.0. The first-order valence-electron chi connectivity index (χ1n) is 7.99. The number of anilines is 2. The lowest BCUT2D eigenvalue weighted by Gasteiger charge is -2.24. The Bertz CT molecular complexity index is 518. The van der Waals surface area contributed by atoms with Crippen molar-refractivity contribution in [1.82, 2.24) is 14.9 Å². The van der Waals surface area contributed by atoms with Crippen LogP contribution in [0.5, 0.6) is 0 Å². The third kappa shape index (κ3) is 3.30. The van der Waals surface area contributed by atoms with Gasteiger partial charge < -0.3 is 20.2 Å². The van der Waals surface area contributed by atoms with Gasteiger partial charge in [-0.2, -0.15) is 0 Å². The molecule has 3 heterocycles. The summed E-state index contributed by atoms with van der Waals surface area (Å²) in [5.74, 6) is 1.58. The minimum atomic E-state index is 0.118. The van der Waals surface area contributed by atoms with Crippen molar-refractivity contribution in [2.45, 2.75) is 31.7 Å². The summed E-state index contributed by atoms with van der Waals surface area (Å²) in [6.45, 7) is 3.03. The molecule has 2 aliphatic rings. The van der Waals surface area contributed by atoms with Crippen LogP contribution in [0.4, 0.5) is 11.6 Å². The van der Waals surface area contributed by atoms with E-state index in [1.54, 1.807) is 0 Å². The molecule has 0 aliphatic carbocycles. The minimum Gasteiger partial charge on any atom is -0.394 e. The van der Waals surface area contributed by atoms with Crippen LogP contribution in [0.2, 0.25) is 0 Å². The Morgan fingerprint density at radius 1 is 1.27 bits per heavy atom. The summed E-state index contributed by atoms with van der Waals surface area (Å²) in [5, 5.41) is 12.5. The van der Waals surface area contributed by atoms with Gasteiger partial charge in [-0.05, 0) is 25.7 Å². The van der Waals surface area contributed by atoms with Crippen LogP contribution in [0.25, 0.3) is 0 Å². The fourth-order valence-electron chi connectivity index (χ4n) is 3.17. The van der Waals surface area contributed by atoms with Crippen molar-refractivity contribution in [1.29, 1.82) is 0 Å². The van der Waals surface area contributed by atoms with Crippen LogP contribution in [0.1, 0.15) is 25.7 Å². The molecule has 0 saturated carbocycles. The van der Waals surface area contributed by atoms with Crippen LogP contribution in [-0.2, 0) is 4.79 Å². The maximum atomic E-state index is 12.0. The number of amides is 1. The lowest BCUT2D eigenvalue weighted by molar-refractivity contribution is -0.128. The molecule has 120 valence electrons. The number of aromatic nitrogens is 2. The maximum Gasteiger partial charge on any atom is 0.241 e. The van der Waals surface area contributed by atoms with E-state index in [1.807, 2.05) is 11.0 Å². The Kier molecular flexibility index (Phi) is 4.72. The van der Waals surface area contributed by atoms with E-state index in [0.717, 1.165) is 51.1 Å². The van der Waals surface area contributed by atoms with E-state index in [0.29, 0.717) is 5.82 Å². The molecule has 0 aromatic carbocycles. The molecule has 7 nitrogen and oxygen atoms in total. The van der Waals surface area contributed by atoms with Crippen molar-refractivity contribution in [3.63, 3.8) is 0 Å². The molecular formula is C15H23N5O2. The Balaban J connectivity index is 1.60. The quantitative estimate of drug-likeness (QED) is 0.823. The van der Waals surface area contributed by atoms with Crippen LogP contribution in [0.15, 0.2) is 12.4 Å². The highest BCUT2D eigenvalue weighted by Crippen LogP contribution is 2.24. The Labute approximate surface area is 130 Å². The van der Waals surface area contributed by atoms with E-state index >= 15 is 0 Å². The highest BCUT2D eigenvalue weighted by atomic mass is 16.3. The topological polar surface area (TPSA) is 81.6 Å². The molecule has 0 radical (unpaired) electrons. The summed E-state index contributed by atoms with van der Waals surface area (Å²) >= 11 is 0. The zero-order valence-corrected chi connectivity index (χ0v) is 12.7. The van der Waals surface area contributed by atoms with Gasteiger partial charge in [0.25, 0.3) is 0 Å². The Hall–Kier alpha value is -1.89. The average Bonchev–Trinajstić information content (AvgIpc) is 3.23. The van der Waals surface area contributed by atoms with Crippen molar-refractivity contribution in [2.75, 3.05) is 43.0 Å². The van der Waals surface area contributed by atoms with E-state index in [1.165, 1.54) is 6.33 Å². The largest absolute Gasteiger partial charge is 0.394 e. The molecule has 1 aromatic rings. The number of carbonyl (C=O) groups excluding carboxylic acids is 1. The monoisotopic (exact) mass is 305 g/mol. The van der Waals surface area contributed by atoms with E-state index in [4.69, 9.17) is 0 Å². The fraction of sp³-hybridized carbons (Fsp3) is 0.667. The standard InChI is InChI=1S/C15H23N5O2/c21-10-12-4-3-7-20(12)14-8-13(17-11-18-14)16-9-15(22)19-5-1-2-6-19/h8,11-12,21H,1-7,9-10H2,(H,16,17,18)/t12-/m1/s1. The van der Waals surface area contributed by atoms with E-state index in [2.05, 4.69) is 20.2 Å². The zero-order valence-electron chi connectivity index (χ0n) is 12.7. The van der Waals surface area contributed by atoms with Crippen LogP contribution in [0, 0.1) is 0 Å².